The van der Waals surface area contributed by atoms with Crippen LogP contribution in [0, 0.1) is 0 Å². The molecule has 0 aromatic heterocycles. The number of allylic oxidation sites excluding steroid dienone is 3. The fourth-order valence-electron chi connectivity index (χ4n) is 0.322. The third-order valence-corrected chi connectivity index (χ3v) is 2.67. The summed E-state index contributed by atoms with van der Waals surface area (Å²) in [4.78, 5) is 10.2. The van der Waals surface area contributed by atoms with E-state index >= 15 is 0 Å². The van der Waals surface area contributed by atoms with E-state index in [0.717, 1.165) is 0 Å². The summed E-state index contributed by atoms with van der Waals surface area (Å²) in [7, 11) is 0. The van der Waals surface area contributed by atoms with E-state index in [2.05, 4.69) is 31.9 Å². The van der Waals surface area contributed by atoms with E-state index in [4.69, 9.17) is 5.11 Å². The van der Waals surface area contributed by atoms with Gasteiger partial charge >= 0.3 is 5.97 Å². The Morgan fingerprint density at radius 1 is 1.50 bits per heavy atom. The average Bonchev–Trinajstić information content (AvgIpc) is 1.87. The van der Waals surface area contributed by atoms with Gasteiger partial charge in [-0.05, 0) is 38.8 Å². The van der Waals surface area contributed by atoms with Gasteiger partial charge in [-0.2, -0.15) is 0 Å². The van der Waals surface area contributed by atoms with Crippen LogP contribution < -0.4 is 0 Å². The highest BCUT2D eigenvalue weighted by Crippen LogP contribution is 2.18. The number of carbonyl (C=O) groups is 1. The van der Waals surface area contributed by atoms with Crippen molar-refractivity contribution in [2.24, 2.45) is 0 Å². The van der Waals surface area contributed by atoms with Crippen molar-refractivity contribution >= 4 is 37.8 Å². The number of hydrogen-bond donors (Lipinski definition) is 1. The minimum atomic E-state index is -0.982. The Kier molecular flexibility index (Phi) is 4.64. The van der Waals surface area contributed by atoms with Crippen LogP contribution in [0.1, 0.15) is 6.92 Å². The molecule has 0 amide bonds. The third-order valence-electron chi connectivity index (χ3n) is 0.710. The SMILES string of the molecule is C/C=C/C(Br)=C(\Br)C(=O)O. The average molecular weight is 270 g/mol. The molecule has 0 aliphatic heterocycles. The summed E-state index contributed by atoms with van der Waals surface area (Å²) in [5.74, 6) is -0.982. The fraction of sp³-hybridized carbons (Fsp3) is 0.167. The van der Waals surface area contributed by atoms with Crippen LogP contribution in [0.25, 0.3) is 0 Å². The first-order valence-corrected chi connectivity index (χ1v) is 4.09. The molecular formula is C6H6Br2O2. The van der Waals surface area contributed by atoms with Crippen LogP contribution in [0.4, 0.5) is 0 Å². The molecule has 10 heavy (non-hydrogen) atoms. The number of rotatable bonds is 2. The summed E-state index contributed by atoms with van der Waals surface area (Å²) in [6, 6.07) is 0. The number of hydrogen-bond acceptors (Lipinski definition) is 1. The largest absolute Gasteiger partial charge is 0.477 e. The molecule has 0 fully saturated rings. The van der Waals surface area contributed by atoms with Crippen LogP contribution in [0.2, 0.25) is 0 Å². The highest BCUT2D eigenvalue weighted by Gasteiger charge is 2.04. The Balaban J connectivity index is 4.50. The lowest BCUT2D eigenvalue weighted by Gasteiger charge is -1.91. The van der Waals surface area contributed by atoms with Crippen molar-refractivity contribution in [1.29, 1.82) is 0 Å². The van der Waals surface area contributed by atoms with Crippen LogP contribution in [-0.4, -0.2) is 11.1 Å². The second kappa shape index (κ2) is 4.68. The van der Waals surface area contributed by atoms with Crippen LogP contribution in [0.3, 0.4) is 0 Å². The molecule has 0 rings (SSSR count). The highest BCUT2D eigenvalue weighted by atomic mass is 79.9. The Bertz CT molecular complexity index is 194. The Labute approximate surface area is 75.9 Å². The zero-order valence-corrected chi connectivity index (χ0v) is 8.44. The standard InChI is InChI=1S/C6H6Br2O2/c1-2-3-4(7)5(8)6(9)10/h2-3H,1H3,(H,9,10)/b3-2+,5-4+. The van der Waals surface area contributed by atoms with Gasteiger partial charge < -0.3 is 5.11 Å². The van der Waals surface area contributed by atoms with E-state index in [1.54, 1.807) is 12.2 Å². The summed E-state index contributed by atoms with van der Waals surface area (Å²) in [6.45, 7) is 1.81. The van der Waals surface area contributed by atoms with Crippen molar-refractivity contribution in [2.75, 3.05) is 0 Å². The molecule has 1 N–H and O–H groups in total. The topological polar surface area (TPSA) is 37.3 Å². The lowest BCUT2D eigenvalue weighted by atomic mass is 10.4. The van der Waals surface area contributed by atoms with Crippen molar-refractivity contribution in [3.63, 3.8) is 0 Å². The molecule has 0 aromatic rings. The van der Waals surface area contributed by atoms with Gasteiger partial charge in [-0.1, -0.05) is 12.2 Å². The number of halogens is 2. The normalized spacial score (nSPS) is 13.5. The molecule has 0 aliphatic carbocycles. The summed E-state index contributed by atoms with van der Waals surface area (Å²) >= 11 is 5.96. The maximum atomic E-state index is 10.2. The monoisotopic (exact) mass is 268 g/mol. The van der Waals surface area contributed by atoms with Crippen molar-refractivity contribution < 1.29 is 9.90 Å². The summed E-state index contributed by atoms with van der Waals surface area (Å²) in [6.07, 6.45) is 3.40. The van der Waals surface area contributed by atoms with Crippen molar-refractivity contribution in [2.45, 2.75) is 6.92 Å². The fourth-order valence-corrected chi connectivity index (χ4v) is 0.888. The van der Waals surface area contributed by atoms with Gasteiger partial charge in [0.2, 0.25) is 0 Å². The van der Waals surface area contributed by atoms with Crippen molar-refractivity contribution in [3.05, 3.63) is 21.1 Å². The minimum Gasteiger partial charge on any atom is -0.477 e. The quantitative estimate of drug-likeness (QED) is 0.618. The molecule has 0 saturated carbocycles. The second-order valence-electron chi connectivity index (χ2n) is 1.47. The van der Waals surface area contributed by atoms with Gasteiger partial charge in [0.25, 0.3) is 0 Å². The van der Waals surface area contributed by atoms with E-state index < -0.39 is 5.97 Å². The van der Waals surface area contributed by atoms with Crippen molar-refractivity contribution in [3.8, 4) is 0 Å². The molecule has 56 valence electrons. The van der Waals surface area contributed by atoms with E-state index in [1.165, 1.54) is 0 Å². The van der Waals surface area contributed by atoms with Crippen LogP contribution in [-0.2, 0) is 4.79 Å². The molecule has 4 heteroatoms. The number of aliphatic carboxylic acids is 1. The first-order valence-electron chi connectivity index (χ1n) is 2.51. The summed E-state index contributed by atoms with van der Waals surface area (Å²) < 4.78 is 0.660. The van der Waals surface area contributed by atoms with Gasteiger partial charge in [0, 0.05) is 4.48 Å². The molecule has 0 unspecified atom stereocenters. The van der Waals surface area contributed by atoms with Crippen LogP contribution >= 0.6 is 31.9 Å². The maximum absolute atomic E-state index is 10.2. The van der Waals surface area contributed by atoms with Crippen LogP contribution in [0.15, 0.2) is 21.1 Å². The Morgan fingerprint density at radius 2 is 2.00 bits per heavy atom. The predicted octanol–water partition coefficient (Wildman–Crippen LogP) is 2.65. The van der Waals surface area contributed by atoms with E-state index in [9.17, 15) is 4.79 Å². The zero-order valence-electron chi connectivity index (χ0n) is 5.27. The molecule has 0 heterocycles. The van der Waals surface area contributed by atoms with Gasteiger partial charge in [0.1, 0.15) is 4.48 Å². The molecule has 0 atom stereocenters. The molecular weight excluding hydrogens is 264 g/mol. The zero-order chi connectivity index (χ0) is 8.15. The minimum absolute atomic E-state index is 0.130. The lowest BCUT2D eigenvalue weighted by molar-refractivity contribution is -0.131. The molecule has 0 radical (unpaired) electrons. The first kappa shape index (κ1) is 9.91. The Morgan fingerprint density at radius 3 is 2.30 bits per heavy atom. The summed E-state index contributed by atoms with van der Waals surface area (Å²) in [5, 5.41) is 8.41. The number of carboxylic acids is 1. The summed E-state index contributed by atoms with van der Waals surface area (Å²) in [5.41, 5.74) is 0. The smallest absolute Gasteiger partial charge is 0.343 e. The second-order valence-corrected chi connectivity index (χ2v) is 3.11. The molecule has 0 aromatic carbocycles. The predicted molar refractivity (Wildman–Crippen MR) is 47.3 cm³/mol. The molecule has 0 spiro atoms. The molecule has 0 saturated heterocycles. The first-order chi connectivity index (χ1) is 4.59. The molecule has 2 nitrogen and oxygen atoms in total. The highest BCUT2D eigenvalue weighted by molar-refractivity contribution is 9.14. The Hall–Kier alpha value is -0.0900. The van der Waals surface area contributed by atoms with E-state index in [-0.39, 0.29) is 4.48 Å². The molecule has 0 bridgehead atoms. The third kappa shape index (κ3) is 3.17. The van der Waals surface area contributed by atoms with Gasteiger partial charge in [0.05, 0.1) is 0 Å². The van der Waals surface area contributed by atoms with Crippen molar-refractivity contribution in [1.82, 2.24) is 0 Å². The number of carboxylic acid groups (broad SMARTS) is 1. The van der Waals surface area contributed by atoms with E-state index in [0.29, 0.717) is 4.48 Å². The van der Waals surface area contributed by atoms with E-state index in [1.807, 2.05) is 6.92 Å². The van der Waals surface area contributed by atoms with Gasteiger partial charge in [-0.3, -0.25) is 0 Å². The maximum Gasteiger partial charge on any atom is 0.343 e. The van der Waals surface area contributed by atoms with Gasteiger partial charge in [0.15, 0.2) is 0 Å². The van der Waals surface area contributed by atoms with Gasteiger partial charge in [-0.25, -0.2) is 4.79 Å². The van der Waals surface area contributed by atoms with Gasteiger partial charge in [-0.15, -0.1) is 0 Å². The van der Waals surface area contributed by atoms with Crippen LogP contribution in [0.5, 0.6) is 0 Å². The molecule has 0 aliphatic rings. The lowest BCUT2D eigenvalue weighted by Crippen LogP contribution is -1.93.